The predicted molar refractivity (Wildman–Crippen MR) is 131 cm³/mol. The van der Waals surface area contributed by atoms with E-state index in [1.54, 1.807) is 19.1 Å². The smallest absolute Gasteiger partial charge is 0.319 e. The van der Waals surface area contributed by atoms with Gasteiger partial charge >= 0.3 is 6.03 Å². The first-order chi connectivity index (χ1) is 16.1. The molecule has 0 bridgehead atoms. The van der Waals surface area contributed by atoms with Crippen molar-refractivity contribution in [3.63, 3.8) is 0 Å². The van der Waals surface area contributed by atoms with Crippen molar-refractivity contribution in [3.05, 3.63) is 102 Å². The quantitative estimate of drug-likeness (QED) is 0.603. The third kappa shape index (κ3) is 5.79. The van der Waals surface area contributed by atoms with Crippen LogP contribution in [0.3, 0.4) is 0 Å². The summed E-state index contributed by atoms with van der Waals surface area (Å²) in [5.41, 5.74) is 3.18. The number of nitrogens with zero attached hydrogens (tertiary/aromatic N) is 2. The lowest BCUT2D eigenvalue weighted by Crippen LogP contribution is -2.55. The van der Waals surface area contributed by atoms with E-state index in [9.17, 15) is 9.59 Å². The number of urea groups is 1. The summed E-state index contributed by atoms with van der Waals surface area (Å²) in [6, 6.07) is 29.3. The van der Waals surface area contributed by atoms with E-state index >= 15 is 0 Å². The third-order valence-corrected chi connectivity index (χ3v) is 5.97. The van der Waals surface area contributed by atoms with Gasteiger partial charge in [-0.3, -0.25) is 9.69 Å². The van der Waals surface area contributed by atoms with Crippen LogP contribution in [0.4, 0.5) is 10.5 Å². The Balaban J connectivity index is 1.36. The summed E-state index contributed by atoms with van der Waals surface area (Å²) in [4.78, 5) is 29.5. The van der Waals surface area contributed by atoms with Gasteiger partial charge in [-0.2, -0.15) is 0 Å². The Morgan fingerprint density at radius 2 is 1.21 bits per heavy atom. The lowest BCUT2D eigenvalue weighted by molar-refractivity contribution is -0.134. The van der Waals surface area contributed by atoms with Crippen molar-refractivity contribution in [2.24, 2.45) is 0 Å². The maximum Gasteiger partial charge on any atom is 0.319 e. The van der Waals surface area contributed by atoms with Crippen LogP contribution in [-0.4, -0.2) is 54.0 Å². The van der Waals surface area contributed by atoms with Crippen molar-refractivity contribution < 1.29 is 9.59 Å². The molecular weight excluding hydrogens is 412 g/mol. The van der Waals surface area contributed by atoms with Crippen molar-refractivity contribution in [2.75, 3.05) is 31.5 Å². The van der Waals surface area contributed by atoms with E-state index in [2.05, 4.69) is 64.1 Å². The molecule has 6 nitrogen and oxygen atoms in total. The van der Waals surface area contributed by atoms with E-state index in [0.717, 1.165) is 13.1 Å². The van der Waals surface area contributed by atoms with E-state index in [-0.39, 0.29) is 18.0 Å². The van der Waals surface area contributed by atoms with Gasteiger partial charge < -0.3 is 15.5 Å². The van der Waals surface area contributed by atoms with Gasteiger partial charge in [-0.25, -0.2) is 4.79 Å². The number of amides is 3. The van der Waals surface area contributed by atoms with Crippen LogP contribution < -0.4 is 10.6 Å². The standard InChI is InChI=1S/C27H30N4O2/c1-21(28-27(33)29-24-15-9-4-10-16-24)26(32)31-19-17-30(18-20-31)25(22-11-5-2-6-12-22)23-13-7-3-8-14-23/h2-16,21,25H,17-20H2,1H3,(H2,28,29,33)/t21-/m1/s1. The van der Waals surface area contributed by atoms with Gasteiger partial charge in [0, 0.05) is 31.9 Å². The van der Waals surface area contributed by atoms with Gasteiger partial charge in [0.1, 0.15) is 6.04 Å². The van der Waals surface area contributed by atoms with E-state index in [1.807, 2.05) is 35.2 Å². The lowest BCUT2D eigenvalue weighted by Gasteiger charge is -2.40. The van der Waals surface area contributed by atoms with E-state index in [1.165, 1.54) is 11.1 Å². The van der Waals surface area contributed by atoms with Gasteiger partial charge in [0.15, 0.2) is 0 Å². The molecule has 1 aliphatic rings. The van der Waals surface area contributed by atoms with Crippen LogP contribution >= 0.6 is 0 Å². The molecule has 1 fully saturated rings. The monoisotopic (exact) mass is 442 g/mol. The molecule has 3 aromatic rings. The summed E-state index contributed by atoms with van der Waals surface area (Å²) in [5, 5.41) is 5.52. The summed E-state index contributed by atoms with van der Waals surface area (Å²) in [7, 11) is 0. The Kier molecular flexibility index (Phi) is 7.37. The summed E-state index contributed by atoms with van der Waals surface area (Å²) in [5.74, 6) is -0.0613. The van der Waals surface area contributed by atoms with Gasteiger partial charge in [0.25, 0.3) is 0 Å². The number of hydrogen-bond donors (Lipinski definition) is 2. The second kappa shape index (κ2) is 10.8. The van der Waals surface area contributed by atoms with Gasteiger partial charge in [-0.15, -0.1) is 0 Å². The molecule has 170 valence electrons. The van der Waals surface area contributed by atoms with Gasteiger partial charge in [-0.1, -0.05) is 78.9 Å². The van der Waals surface area contributed by atoms with Crippen molar-refractivity contribution in [1.82, 2.24) is 15.1 Å². The van der Waals surface area contributed by atoms with Crippen LogP contribution in [0.1, 0.15) is 24.1 Å². The minimum absolute atomic E-state index is 0.0613. The Morgan fingerprint density at radius 3 is 1.73 bits per heavy atom. The van der Waals surface area contributed by atoms with Crippen molar-refractivity contribution >= 4 is 17.6 Å². The molecule has 0 aromatic heterocycles. The highest BCUT2D eigenvalue weighted by atomic mass is 16.2. The van der Waals surface area contributed by atoms with Crippen LogP contribution in [0.25, 0.3) is 0 Å². The van der Waals surface area contributed by atoms with E-state index in [4.69, 9.17) is 0 Å². The summed E-state index contributed by atoms with van der Waals surface area (Å²) in [6.45, 7) is 4.52. The molecule has 0 saturated carbocycles. The first-order valence-electron chi connectivity index (χ1n) is 11.4. The second-order valence-corrected chi connectivity index (χ2v) is 8.27. The molecule has 0 aliphatic carbocycles. The molecule has 6 heteroatoms. The topological polar surface area (TPSA) is 64.7 Å². The van der Waals surface area contributed by atoms with Gasteiger partial charge in [0.2, 0.25) is 5.91 Å². The average Bonchev–Trinajstić information content (AvgIpc) is 2.86. The molecule has 4 rings (SSSR count). The Labute approximate surface area is 195 Å². The molecule has 1 atom stereocenters. The number of rotatable bonds is 6. The number of para-hydroxylation sites is 1. The van der Waals surface area contributed by atoms with Crippen LogP contribution in [0.15, 0.2) is 91.0 Å². The number of carbonyl (C=O) groups excluding carboxylic acids is 2. The molecule has 1 saturated heterocycles. The highest BCUT2D eigenvalue weighted by Gasteiger charge is 2.30. The number of piperazine rings is 1. The Bertz CT molecular complexity index is 996. The minimum atomic E-state index is -0.598. The summed E-state index contributed by atoms with van der Waals surface area (Å²) >= 11 is 0. The molecule has 2 N–H and O–H groups in total. The summed E-state index contributed by atoms with van der Waals surface area (Å²) < 4.78 is 0. The number of benzene rings is 3. The van der Waals surface area contributed by atoms with Crippen LogP contribution in [0.2, 0.25) is 0 Å². The van der Waals surface area contributed by atoms with Crippen molar-refractivity contribution in [1.29, 1.82) is 0 Å². The predicted octanol–water partition coefficient (Wildman–Crippen LogP) is 4.13. The van der Waals surface area contributed by atoms with Crippen LogP contribution in [0.5, 0.6) is 0 Å². The molecule has 3 amide bonds. The highest BCUT2D eigenvalue weighted by molar-refractivity contribution is 5.93. The molecule has 1 heterocycles. The van der Waals surface area contributed by atoms with Gasteiger partial charge in [-0.05, 0) is 30.2 Å². The second-order valence-electron chi connectivity index (χ2n) is 8.27. The zero-order chi connectivity index (χ0) is 23.0. The largest absolute Gasteiger partial charge is 0.338 e. The molecule has 0 spiro atoms. The first kappa shape index (κ1) is 22.6. The van der Waals surface area contributed by atoms with Crippen LogP contribution in [0, 0.1) is 0 Å². The summed E-state index contributed by atoms with van der Waals surface area (Å²) in [6.07, 6.45) is 0. The molecular formula is C27H30N4O2. The van der Waals surface area contributed by atoms with Crippen molar-refractivity contribution in [2.45, 2.75) is 19.0 Å². The highest BCUT2D eigenvalue weighted by Crippen LogP contribution is 2.29. The molecule has 1 aliphatic heterocycles. The Morgan fingerprint density at radius 1 is 0.727 bits per heavy atom. The maximum absolute atomic E-state index is 13.0. The SMILES string of the molecule is C[C@@H](NC(=O)Nc1ccccc1)C(=O)N1CCN(C(c2ccccc2)c2ccccc2)CC1. The normalized spacial score (nSPS) is 15.2. The number of nitrogens with one attached hydrogen (secondary N) is 2. The third-order valence-electron chi connectivity index (χ3n) is 5.97. The van der Waals surface area contributed by atoms with Crippen LogP contribution in [-0.2, 0) is 4.79 Å². The fraction of sp³-hybridized carbons (Fsp3) is 0.259. The van der Waals surface area contributed by atoms with E-state index in [0.29, 0.717) is 18.8 Å². The zero-order valence-corrected chi connectivity index (χ0v) is 18.9. The Hall–Kier alpha value is -3.64. The molecule has 3 aromatic carbocycles. The molecule has 33 heavy (non-hydrogen) atoms. The average molecular weight is 443 g/mol. The fourth-order valence-corrected chi connectivity index (χ4v) is 4.31. The fourth-order valence-electron chi connectivity index (χ4n) is 4.31. The number of hydrogen-bond acceptors (Lipinski definition) is 3. The molecule has 0 unspecified atom stereocenters. The zero-order valence-electron chi connectivity index (χ0n) is 18.9. The van der Waals surface area contributed by atoms with E-state index < -0.39 is 6.04 Å². The van der Waals surface area contributed by atoms with Crippen molar-refractivity contribution in [3.8, 4) is 0 Å². The number of carbonyl (C=O) groups is 2. The maximum atomic E-state index is 13.0. The lowest BCUT2D eigenvalue weighted by atomic mass is 9.96. The van der Waals surface area contributed by atoms with Gasteiger partial charge in [0.05, 0.1) is 6.04 Å². The molecule has 0 radical (unpaired) electrons. The number of anilines is 1. The first-order valence-corrected chi connectivity index (χ1v) is 11.4. The minimum Gasteiger partial charge on any atom is -0.338 e.